The summed E-state index contributed by atoms with van der Waals surface area (Å²) in [4.78, 5) is 9.63. The predicted molar refractivity (Wildman–Crippen MR) is 174 cm³/mol. The van der Waals surface area contributed by atoms with Crippen LogP contribution < -0.4 is 4.72 Å². The molecule has 0 amide bonds. The Morgan fingerprint density at radius 1 is 1.00 bits per heavy atom. The first-order valence-corrected chi connectivity index (χ1v) is 18.6. The summed E-state index contributed by atoms with van der Waals surface area (Å²) in [5.74, 6) is 0.728. The molecule has 42 heavy (non-hydrogen) atoms. The van der Waals surface area contributed by atoms with E-state index in [9.17, 15) is 9.66 Å². The lowest BCUT2D eigenvalue weighted by molar-refractivity contribution is 0.0101. The minimum Gasteiger partial charge on any atom is -0.598 e. The molecule has 0 aliphatic heterocycles. The van der Waals surface area contributed by atoms with Gasteiger partial charge >= 0.3 is 0 Å². The average molecular weight is 608 g/mol. The molecule has 8 nitrogen and oxygen atoms in total. The maximum absolute atomic E-state index is 12.9. The Bertz CT molecular complexity index is 1530. The zero-order valence-corrected chi connectivity index (χ0v) is 28.2. The van der Waals surface area contributed by atoms with Gasteiger partial charge in [-0.3, -0.25) is 0 Å². The third kappa shape index (κ3) is 7.30. The second-order valence-corrected chi connectivity index (χ2v) is 20.2. The van der Waals surface area contributed by atoms with E-state index in [0.717, 1.165) is 28.0 Å². The number of fused-ring (bicyclic) bond motifs is 1. The number of nitrogens with zero attached hydrogens (tertiary/aromatic N) is 4. The van der Waals surface area contributed by atoms with Crippen molar-refractivity contribution in [1.82, 2.24) is 24.5 Å². The maximum atomic E-state index is 12.9. The van der Waals surface area contributed by atoms with E-state index in [1.54, 1.807) is 10.7 Å². The van der Waals surface area contributed by atoms with Gasteiger partial charge in [-0.15, -0.1) is 4.72 Å². The smallest absolute Gasteiger partial charge is 0.200 e. The molecule has 0 bridgehead atoms. The van der Waals surface area contributed by atoms with E-state index in [-0.39, 0.29) is 5.04 Å². The minimum atomic E-state index is -1.89. The molecule has 3 heterocycles. The van der Waals surface area contributed by atoms with E-state index in [1.807, 2.05) is 82.4 Å². The van der Waals surface area contributed by atoms with Gasteiger partial charge in [-0.25, -0.2) is 14.6 Å². The third-order valence-electron chi connectivity index (χ3n) is 7.82. The fourth-order valence-corrected chi connectivity index (χ4v) is 5.93. The van der Waals surface area contributed by atoms with Crippen LogP contribution in [0, 0.1) is 0 Å². The van der Waals surface area contributed by atoms with Gasteiger partial charge in [0.05, 0.1) is 29.2 Å². The van der Waals surface area contributed by atoms with Gasteiger partial charge in [0, 0.05) is 28.5 Å². The molecule has 2 N–H and O–H groups in total. The number of rotatable bonds is 10. The summed E-state index contributed by atoms with van der Waals surface area (Å²) >= 11 is -1.47. The highest BCUT2D eigenvalue weighted by molar-refractivity contribution is 7.90. The van der Waals surface area contributed by atoms with Crippen LogP contribution in [0.25, 0.3) is 28.0 Å². The molecule has 2 unspecified atom stereocenters. The highest BCUT2D eigenvalue weighted by Crippen LogP contribution is 2.37. The van der Waals surface area contributed by atoms with Crippen molar-refractivity contribution in [3.63, 3.8) is 0 Å². The van der Waals surface area contributed by atoms with Crippen LogP contribution >= 0.6 is 0 Å². The second-order valence-electron chi connectivity index (χ2n) is 13.4. The molecule has 0 aliphatic carbocycles. The van der Waals surface area contributed by atoms with Crippen molar-refractivity contribution in [1.29, 1.82) is 0 Å². The quantitative estimate of drug-likeness (QED) is 0.113. The summed E-state index contributed by atoms with van der Waals surface area (Å²) in [6.45, 7) is 19.2. The van der Waals surface area contributed by atoms with Gasteiger partial charge in [-0.1, -0.05) is 58.4 Å². The van der Waals surface area contributed by atoms with E-state index in [2.05, 4.69) is 38.6 Å². The molecular weight excluding hydrogens is 563 g/mol. The number of nitrogens with one attached hydrogen (secondary N) is 1. The van der Waals surface area contributed by atoms with Gasteiger partial charge < -0.3 is 14.1 Å². The summed E-state index contributed by atoms with van der Waals surface area (Å²) < 4.78 is 23.5. The van der Waals surface area contributed by atoms with Crippen molar-refractivity contribution in [2.24, 2.45) is 0 Å². The second kappa shape index (κ2) is 12.2. The molecule has 0 aliphatic rings. The van der Waals surface area contributed by atoms with Gasteiger partial charge in [0.2, 0.25) is 0 Å². The largest absolute Gasteiger partial charge is 0.598 e. The van der Waals surface area contributed by atoms with E-state index >= 15 is 0 Å². The van der Waals surface area contributed by atoms with Crippen LogP contribution in [0.1, 0.15) is 72.7 Å². The molecule has 10 heteroatoms. The van der Waals surface area contributed by atoms with E-state index < -0.39 is 30.2 Å². The van der Waals surface area contributed by atoms with Crippen LogP contribution in [0.3, 0.4) is 0 Å². The Balaban J connectivity index is 1.60. The van der Waals surface area contributed by atoms with Crippen molar-refractivity contribution < 1.29 is 14.1 Å². The summed E-state index contributed by atoms with van der Waals surface area (Å²) in [7, 11) is -1.89. The summed E-state index contributed by atoms with van der Waals surface area (Å²) in [5.41, 5.74) is 2.17. The molecule has 0 saturated heterocycles. The Morgan fingerprint density at radius 2 is 1.71 bits per heavy atom. The van der Waals surface area contributed by atoms with Crippen LogP contribution in [0.2, 0.25) is 18.1 Å². The van der Waals surface area contributed by atoms with Crippen LogP contribution in [0.5, 0.6) is 0 Å². The highest BCUT2D eigenvalue weighted by atomic mass is 32.2. The van der Waals surface area contributed by atoms with Crippen molar-refractivity contribution in [3.8, 4) is 17.1 Å². The Hall–Kier alpha value is -2.60. The fraction of sp³-hybridized carbons (Fsp3) is 0.469. The summed E-state index contributed by atoms with van der Waals surface area (Å²) in [6.07, 6.45) is 3.04. The zero-order chi connectivity index (χ0) is 30.9. The van der Waals surface area contributed by atoms with Crippen LogP contribution in [-0.4, -0.2) is 42.5 Å². The predicted octanol–water partition coefficient (Wildman–Crippen LogP) is 7.00. The monoisotopic (exact) mass is 607 g/mol. The Kier molecular flexibility index (Phi) is 9.37. The molecule has 1 aromatic carbocycles. The van der Waals surface area contributed by atoms with Crippen molar-refractivity contribution in [2.75, 3.05) is 0 Å². The lowest BCUT2D eigenvalue weighted by Gasteiger charge is -2.36. The lowest BCUT2D eigenvalue weighted by Crippen LogP contribution is -2.51. The van der Waals surface area contributed by atoms with E-state index in [0.29, 0.717) is 30.8 Å². The first-order chi connectivity index (χ1) is 19.5. The van der Waals surface area contributed by atoms with Gasteiger partial charge in [-0.05, 0) is 75.7 Å². The zero-order valence-electron chi connectivity index (χ0n) is 26.4. The normalized spacial score (nSPS) is 15.1. The van der Waals surface area contributed by atoms with Crippen molar-refractivity contribution in [2.45, 2.75) is 96.5 Å². The molecule has 0 spiro atoms. The Labute approximate surface area is 254 Å². The summed E-state index contributed by atoms with van der Waals surface area (Å²) in [6, 6.07) is 17.5. The van der Waals surface area contributed by atoms with Gasteiger partial charge in [-0.2, -0.15) is 5.10 Å². The molecular formula is C32H45N5O3SSi. The third-order valence-corrected chi connectivity index (χ3v) is 13.9. The van der Waals surface area contributed by atoms with Crippen LogP contribution in [-0.2, 0) is 28.1 Å². The van der Waals surface area contributed by atoms with E-state index in [1.165, 1.54) is 0 Å². The van der Waals surface area contributed by atoms with Gasteiger partial charge in [0.15, 0.2) is 19.9 Å². The molecule has 2 atom stereocenters. The van der Waals surface area contributed by atoms with Crippen LogP contribution in [0.4, 0.5) is 0 Å². The van der Waals surface area contributed by atoms with Crippen molar-refractivity contribution in [3.05, 3.63) is 72.2 Å². The molecule has 0 saturated carbocycles. The first-order valence-electron chi connectivity index (χ1n) is 14.5. The number of pyridine rings is 2. The number of benzene rings is 1. The standard InChI is InChI=1S/C32H45N5O3SSi/c1-10-19-32(38,36-41(39)30(2,3)4)28-15-12-14-26(34-28)23-17-18-24-21-37(35-27(24)20-23)29-16-11-13-25(33-29)22-40-42(8,9)31(5,6)7/h11-18,20-21,36,38H,10,19,22H2,1-9H3. The number of aliphatic hydroxyl groups is 1. The van der Waals surface area contributed by atoms with Crippen molar-refractivity contribution >= 4 is 30.6 Å². The molecule has 226 valence electrons. The van der Waals surface area contributed by atoms with Gasteiger partial charge in [0.25, 0.3) is 0 Å². The summed E-state index contributed by atoms with van der Waals surface area (Å²) in [5, 5.41) is 17.5. The first kappa shape index (κ1) is 32.3. The molecule has 4 rings (SSSR count). The van der Waals surface area contributed by atoms with E-state index in [4.69, 9.17) is 19.5 Å². The molecule has 4 aromatic rings. The minimum absolute atomic E-state index is 0.132. The SMILES string of the molecule is CCCC(O)(N[S+]([O-])C(C)(C)C)c1cccc(-c2ccc3cn(-c4cccc(CO[Si](C)(C)C(C)(C)C)n4)nc3c2)n1. The topological polar surface area (TPSA) is 108 Å². The molecule has 0 fully saturated rings. The number of hydrogen-bond acceptors (Lipinski definition) is 7. The van der Waals surface area contributed by atoms with Gasteiger partial charge in [0.1, 0.15) is 4.75 Å². The van der Waals surface area contributed by atoms with Crippen LogP contribution in [0.15, 0.2) is 60.8 Å². The maximum Gasteiger partial charge on any atom is 0.200 e. The highest BCUT2D eigenvalue weighted by Gasteiger charge is 2.40. The molecule has 3 aromatic heterocycles. The molecule has 0 radical (unpaired) electrons. The lowest BCUT2D eigenvalue weighted by atomic mass is 10.0. The number of hydrogen-bond donors (Lipinski definition) is 2. The average Bonchev–Trinajstić information content (AvgIpc) is 3.35. The Morgan fingerprint density at radius 3 is 2.38 bits per heavy atom. The fourth-order valence-electron chi connectivity index (χ4n) is 4.16. The number of aromatic nitrogens is 4.